The number of Topliss-reactive ketones (excluding diaryl/α,β-unsaturated/α-hetero) is 1. The van der Waals surface area contributed by atoms with E-state index in [1.54, 1.807) is 42.5 Å². The van der Waals surface area contributed by atoms with Gasteiger partial charge in [0.1, 0.15) is 11.5 Å². The number of rotatable bonds is 6. The van der Waals surface area contributed by atoms with E-state index in [0.717, 1.165) is 0 Å². The minimum atomic E-state index is -0.800. The van der Waals surface area contributed by atoms with Crippen molar-refractivity contribution in [3.8, 4) is 17.2 Å². The third kappa shape index (κ3) is 3.51. The Morgan fingerprint density at radius 1 is 1.04 bits per heavy atom. The van der Waals surface area contributed by atoms with E-state index in [-0.39, 0.29) is 11.3 Å². The summed E-state index contributed by atoms with van der Waals surface area (Å²) in [5, 5.41) is 13.4. The fraction of sp³-hybridized carbons (Fsp3) is 0.238. The van der Waals surface area contributed by atoms with Crippen molar-refractivity contribution in [2.24, 2.45) is 0 Å². The number of ketones is 1. The second-order valence-electron chi connectivity index (χ2n) is 6.07. The van der Waals surface area contributed by atoms with Gasteiger partial charge in [-0.05, 0) is 48.9 Å². The van der Waals surface area contributed by atoms with Gasteiger partial charge < -0.3 is 24.6 Å². The van der Waals surface area contributed by atoms with Gasteiger partial charge in [0.15, 0.2) is 11.5 Å². The van der Waals surface area contributed by atoms with Crippen LogP contribution in [0.15, 0.2) is 48.0 Å². The molecule has 0 aliphatic carbocycles. The van der Waals surface area contributed by atoms with Gasteiger partial charge in [-0.2, -0.15) is 0 Å². The van der Waals surface area contributed by atoms with Gasteiger partial charge in [0.05, 0.1) is 32.4 Å². The number of carbonyl (C=O) groups is 2. The van der Waals surface area contributed by atoms with Crippen LogP contribution in [0.25, 0.3) is 5.76 Å². The summed E-state index contributed by atoms with van der Waals surface area (Å²) in [7, 11) is 3.01. The second-order valence-corrected chi connectivity index (χ2v) is 6.07. The van der Waals surface area contributed by atoms with E-state index in [4.69, 9.17) is 14.2 Å². The SMILES string of the molecule is CCOc1ccc(/C(O)=C2/C(=O)C(=O)NC2c2ccc(OC)c(OC)c2)cc1. The van der Waals surface area contributed by atoms with Crippen molar-refractivity contribution in [2.45, 2.75) is 13.0 Å². The van der Waals surface area contributed by atoms with E-state index in [9.17, 15) is 14.7 Å². The Bertz CT molecular complexity index is 932. The van der Waals surface area contributed by atoms with E-state index in [0.29, 0.717) is 35.0 Å². The van der Waals surface area contributed by atoms with E-state index in [1.165, 1.54) is 14.2 Å². The van der Waals surface area contributed by atoms with Crippen LogP contribution < -0.4 is 19.5 Å². The number of benzene rings is 2. The molecule has 0 spiro atoms. The maximum atomic E-state index is 12.4. The van der Waals surface area contributed by atoms with E-state index in [2.05, 4.69) is 5.32 Å². The predicted molar refractivity (Wildman–Crippen MR) is 103 cm³/mol. The van der Waals surface area contributed by atoms with Gasteiger partial charge >= 0.3 is 0 Å². The molecule has 1 atom stereocenters. The number of carbonyl (C=O) groups excluding carboxylic acids is 2. The highest BCUT2D eigenvalue weighted by Gasteiger charge is 2.39. The molecule has 1 unspecified atom stereocenters. The highest BCUT2D eigenvalue weighted by molar-refractivity contribution is 6.46. The molecule has 1 amide bonds. The second kappa shape index (κ2) is 8.04. The summed E-state index contributed by atoms with van der Waals surface area (Å²) >= 11 is 0. The summed E-state index contributed by atoms with van der Waals surface area (Å²) in [5.74, 6) is -0.186. The van der Waals surface area contributed by atoms with Crippen LogP contribution in [-0.2, 0) is 9.59 Å². The molecule has 1 saturated heterocycles. The van der Waals surface area contributed by atoms with Crippen LogP contribution in [0.3, 0.4) is 0 Å². The third-order valence-corrected chi connectivity index (χ3v) is 4.45. The van der Waals surface area contributed by atoms with Gasteiger partial charge in [0.25, 0.3) is 11.7 Å². The van der Waals surface area contributed by atoms with Crippen molar-refractivity contribution in [3.63, 3.8) is 0 Å². The van der Waals surface area contributed by atoms with Crippen LogP contribution in [0.5, 0.6) is 17.2 Å². The zero-order valence-corrected chi connectivity index (χ0v) is 15.8. The fourth-order valence-electron chi connectivity index (χ4n) is 3.08. The topological polar surface area (TPSA) is 94.1 Å². The monoisotopic (exact) mass is 383 g/mol. The molecule has 1 heterocycles. The Morgan fingerprint density at radius 3 is 2.32 bits per heavy atom. The van der Waals surface area contributed by atoms with Crippen LogP contribution in [0.1, 0.15) is 24.1 Å². The molecule has 2 aromatic carbocycles. The molecule has 1 aliphatic heterocycles. The zero-order valence-electron chi connectivity index (χ0n) is 15.8. The highest BCUT2D eigenvalue weighted by atomic mass is 16.5. The molecule has 28 heavy (non-hydrogen) atoms. The zero-order chi connectivity index (χ0) is 20.3. The summed E-state index contributed by atoms with van der Waals surface area (Å²) in [5.41, 5.74) is 0.986. The molecule has 2 aromatic rings. The predicted octanol–water partition coefficient (Wildman–Crippen LogP) is 2.81. The summed E-state index contributed by atoms with van der Waals surface area (Å²) in [6.07, 6.45) is 0. The fourth-order valence-corrected chi connectivity index (χ4v) is 3.08. The number of methoxy groups -OCH3 is 2. The summed E-state index contributed by atoms with van der Waals surface area (Å²) in [6, 6.07) is 10.9. The molecule has 1 fully saturated rings. The van der Waals surface area contributed by atoms with Crippen molar-refractivity contribution in [1.82, 2.24) is 5.32 Å². The lowest BCUT2D eigenvalue weighted by Crippen LogP contribution is -2.21. The van der Waals surface area contributed by atoms with Crippen molar-refractivity contribution in [3.05, 3.63) is 59.2 Å². The molecule has 0 radical (unpaired) electrons. The van der Waals surface area contributed by atoms with Gasteiger partial charge in [-0.3, -0.25) is 9.59 Å². The Balaban J connectivity index is 2.05. The highest BCUT2D eigenvalue weighted by Crippen LogP contribution is 2.37. The standard InChI is InChI=1S/C21H21NO6/c1-4-28-14-8-5-12(6-9-14)19(23)17-18(22-21(25)20(17)24)13-7-10-15(26-2)16(11-13)27-3/h5-11,18,23H,4H2,1-3H3,(H,22,25)/b19-17-. The molecule has 7 heteroatoms. The van der Waals surface area contributed by atoms with Crippen molar-refractivity contribution < 1.29 is 28.9 Å². The van der Waals surface area contributed by atoms with Crippen LogP contribution in [0.4, 0.5) is 0 Å². The number of hydrogen-bond donors (Lipinski definition) is 2. The molecule has 7 nitrogen and oxygen atoms in total. The lowest BCUT2D eigenvalue weighted by Gasteiger charge is -2.16. The number of aliphatic hydroxyl groups is 1. The van der Waals surface area contributed by atoms with Gasteiger partial charge in [0, 0.05) is 5.56 Å². The number of nitrogens with one attached hydrogen (secondary N) is 1. The number of aliphatic hydroxyl groups excluding tert-OH is 1. The molecule has 3 rings (SSSR count). The Morgan fingerprint density at radius 2 is 1.71 bits per heavy atom. The van der Waals surface area contributed by atoms with E-state index < -0.39 is 17.7 Å². The smallest absolute Gasteiger partial charge is 0.293 e. The van der Waals surface area contributed by atoms with Crippen LogP contribution >= 0.6 is 0 Å². The lowest BCUT2D eigenvalue weighted by molar-refractivity contribution is -0.133. The molecular formula is C21H21NO6. The average Bonchev–Trinajstić information content (AvgIpc) is 3.02. The van der Waals surface area contributed by atoms with E-state index >= 15 is 0 Å². The molecular weight excluding hydrogens is 362 g/mol. The minimum Gasteiger partial charge on any atom is -0.507 e. The first-order valence-electron chi connectivity index (χ1n) is 8.73. The number of ether oxygens (including phenoxy) is 3. The van der Waals surface area contributed by atoms with Crippen molar-refractivity contribution in [2.75, 3.05) is 20.8 Å². The largest absolute Gasteiger partial charge is 0.507 e. The average molecular weight is 383 g/mol. The first kappa shape index (κ1) is 19.3. The maximum absolute atomic E-state index is 12.4. The molecule has 0 bridgehead atoms. The first-order chi connectivity index (χ1) is 13.5. The Kier molecular flexibility index (Phi) is 5.54. The van der Waals surface area contributed by atoms with Crippen molar-refractivity contribution >= 4 is 17.4 Å². The van der Waals surface area contributed by atoms with E-state index in [1.807, 2.05) is 6.92 Å². The van der Waals surface area contributed by atoms with Crippen LogP contribution in [0, 0.1) is 0 Å². The lowest BCUT2D eigenvalue weighted by atomic mass is 9.95. The molecule has 0 saturated carbocycles. The Hall–Kier alpha value is -3.48. The third-order valence-electron chi connectivity index (χ3n) is 4.45. The van der Waals surface area contributed by atoms with Gasteiger partial charge in [-0.1, -0.05) is 6.07 Å². The summed E-state index contributed by atoms with van der Waals surface area (Å²) in [6.45, 7) is 2.39. The van der Waals surface area contributed by atoms with Crippen molar-refractivity contribution in [1.29, 1.82) is 0 Å². The maximum Gasteiger partial charge on any atom is 0.293 e. The van der Waals surface area contributed by atoms with Crippen LogP contribution in [0.2, 0.25) is 0 Å². The molecule has 0 aromatic heterocycles. The van der Waals surface area contributed by atoms with Crippen LogP contribution in [-0.4, -0.2) is 37.6 Å². The first-order valence-corrected chi connectivity index (χ1v) is 8.73. The summed E-state index contributed by atoms with van der Waals surface area (Å²) in [4.78, 5) is 24.5. The minimum absolute atomic E-state index is 0.0126. The number of hydrogen-bond acceptors (Lipinski definition) is 6. The summed E-state index contributed by atoms with van der Waals surface area (Å²) < 4.78 is 15.9. The molecule has 1 aliphatic rings. The normalized spacial score (nSPS) is 17.9. The molecule has 2 N–H and O–H groups in total. The Labute approximate surface area is 162 Å². The van der Waals surface area contributed by atoms with Gasteiger partial charge in [-0.15, -0.1) is 0 Å². The number of amides is 1. The molecule has 146 valence electrons. The van der Waals surface area contributed by atoms with Gasteiger partial charge in [0.2, 0.25) is 0 Å². The van der Waals surface area contributed by atoms with Gasteiger partial charge in [-0.25, -0.2) is 0 Å². The quantitative estimate of drug-likeness (QED) is 0.453.